The minimum atomic E-state index is -4.66. The fourth-order valence-electron chi connectivity index (χ4n) is 2.31. The smallest absolute Gasteiger partial charge is 0.437 e. The molecule has 0 aliphatic carbocycles. The highest BCUT2D eigenvalue weighted by atomic mass is 19.4. The van der Waals surface area contributed by atoms with Crippen LogP contribution in [-0.2, 0) is 6.18 Å². The zero-order chi connectivity index (χ0) is 18.1. The van der Waals surface area contributed by atoms with Gasteiger partial charge in [0.25, 0.3) is 0 Å². The van der Waals surface area contributed by atoms with Crippen molar-refractivity contribution in [3.8, 4) is 23.1 Å². The van der Waals surface area contributed by atoms with E-state index < -0.39 is 12.0 Å². The van der Waals surface area contributed by atoms with Crippen molar-refractivity contribution in [2.75, 3.05) is 0 Å². The molecule has 0 saturated carbocycles. The van der Waals surface area contributed by atoms with E-state index in [9.17, 15) is 13.2 Å². The van der Waals surface area contributed by atoms with Gasteiger partial charge >= 0.3 is 6.18 Å². The summed E-state index contributed by atoms with van der Waals surface area (Å²) in [6.07, 6.45) is -1.99. The van der Waals surface area contributed by atoms with Gasteiger partial charge in [-0.2, -0.15) is 18.2 Å². The first-order chi connectivity index (χ1) is 12.5. The molecular formula is C17H10F3N5O. The van der Waals surface area contributed by atoms with Crippen LogP contribution in [0.5, 0.6) is 11.6 Å². The van der Waals surface area contributed by atoms with Crippen LogP contribution in [-0.4, -0.2) is 24.6 Å². The van der Waals surface area contributed by atoms with Gasteiger partial charge in [-0.3, -0.25) is 0 Å². The molecule has 6 nitrogen and oxygen atoms in total. The van der Waals surface area contributed by atoms with E-state index in [0.29, 0.717) is 11.3 Å². The van der Waals surface area contributed by atoms with E-state index in [-0.39, 0.29) is 17.4 Å². The Balaban J connectivity index is 1.82. The summed E-state index contributed by atoms with van der Waals surface area (Å²) in [5.41, 5.74) is 0.517. The molecular weight excluding hydrogens is 347 g/mol. The van der Waals surface area contributed by atoms with Gasteiger partial charge in [-0.25, -0.2) is 14.5 Å². The van der Waals surface area contributed by atoms with Crippen molar-refractivity contribution in [1.29, 1.82) is 0 Å². The van der Waals surface area contributed by atoms with E-state index in [1.54, 1.807) is 42.6 Å². The van der Waals surface area contributed by atoms with Crippen molar-refractivity contribution in [1.82, 2.24) is 24.6 Å². The summed E-state index contributed by atoms with van der Waals surface area (Å²) in [5, 5.41) is 4.20. The maximum Gasteiger partial charge on any atom is 0.451 e. The van der Waals surface area contributed by atoms with Crippen molar-refractivity contribution in [3.05, 3.63) is 66.7 Å². The molecule has 0 N–H and O–H groups in total. The van der Waals surface area contributed by atoms with E-state index >= 15 is 0 Å². The molecule has 1 aromatic carbocycles. The first-order valence-electron chi connectivity index (χ1n) is 7.49. The van der Waals surface area contributed by atoms with Crippen LogP contribution in [0.1, 0.15) is 5.82 Å². The molecule has 130 valence electrons. The lowest BCUT2D eigenvalue weighted by atomic mass is 10.3. The lowest BCUT2D eigenvalue weighted by Gasteiger charge is -2.09. The normalized spacial score (nSPS) is 11.7. The highest BCUT2D eigenvalue weighted by Crippen LogP contribution is 2.29. The number of alkyl halides is 3. The number of halogens is 3. The Hall–Kier alpha value is -3.49. The number of hydrogen-bond donors (Lipinski definition) is 0. The number of fused-ring (bicyclic) bond motifs is 1. The lowest BCUT2D eigenvalue weighted by molar-refractivity contribution is -0.144. The molecule has 4 aromatic rings. The topological polar surface area (TPSA) is 65.2 Å². The average Bonchev–Trinajstić information content (AvgIpc) is 3.11. The first-order valence-corrected chi connectivity index (χ1v) is 7.49. The largest absolute Gasteiger partial charge is 0.451 e. The summed E-state index contributed by atoms with van der Waals surface area (Å²) >= 11 is 0. The Kier molecular flexibility index (Phi) is 3.76. The van der Waals surface area contributed by atoms with Crippen LogP contribution < -0.4 is 4.74 Å². The highest BCUT2D eigenvalue weighted by Gasteiger charge is 2.35. The van der Waals surface area contributed by atoms with Crippen LogP contribution in [0, 0.1) is 0 Å². The van der Waals surface area contributed by atoms with Crippen molar-refractivity contribution < 1.29 is 17.9 Å². The van der Waals surface area contributed by atoms with Crippen LogP contribution in [0.3, 0.4) is 0 Å². The quantitative estimate of drug-likeness (QED) is 0.555. The Morgan fingerprint density at radius 1 is 0.923 bits per heavy atom. The number of ether oxygens (including phenoxy) is 1. The third-order valence-electron chi connectivity index (χ3n) is 3.45. The average molecular weight is 357 g/mol. The monoisotopic (exact) mass is 357 g/mol. The van der Waals surface area contributed by atoms with E-state index in [2.05, 4.69) is 20.1 Å². The number of nitrogens with zero attached hydrogens (tertiary/aromatic N) is 5. The standard InChI is InChI=1S/C17H10F3N5O/c18-17(19,20)16-21-9-8-12(22-16)14-23-15(13-7-4-10-25(13)24-14)26-11-5-2-1-3-6-11/h1-10H. The molecule has 0 aliphatic heterocycles. The Bertz CT molecular complexity index is 1060. The van der Waals surface area contributed by atoms with Crippen molar-refractivity contribution in [3.63, 3.8) is 0 Å². The summed E-state index contributed by atoms with van der Waals surface area (Å²) in [6, 6.07) is 13.7. The first kappa shape index (κ1) is 16.0. The summed E-state index contributed by atoms with van der Waals surface area (Å²) in [5.74, 6) is -0.512. The second-order valence-electron chi connectivity index (χ2n) is 5.26. The number of aromatic nitrogens is 5. The summed E-state index contributed by atoms with van der Waals surface area (Å²) in [4.78, 5) is 11.0. The number of hydrogen-bond acceptors (Lipinski definition) is 5. The fourth-order valence-corrected chi connectivity index (χ4v) is 2.31. The van der Waals surface area contributed by atoms with Gasteiger partial charge in [-0.15, -0.1) is 5.10 Å². The number of para-hydroxylation sites is 1. The van der Waals surface area contributed by atoms with Gasteiger partial charge in [0.2, 0.25) is 17.5 Å². The van der Waals surface area contributed by atoms with Gasteiger partial charge < -0.3 is 4.74 Å². The van der Waals surface area contributed by atoms with Crippen molar-refractivity contribution in [2.45, 2.75) is 6.18 Å². The zero-order valence-electron chi connectivity index (χ0n) is 13.1. The van der Waals surface area contributed by atoms with E-state index in [1.807, 2.05) is 6.07 Å². The molecule has 0 amide bonds. The molecule has 0 fully saturated rings. The summed E-state index contributed by atoms with van der Waals surface area (Å²) in [7, 11) is 0. The third-order valence-corrected chi connectivity index (χ3v) is 3.45. The predicted octanol–water partition coefficient (Wildman–Crippen LogP) is 4.00. The van der Waals surface area contributed by atoms with Gasteiger partial charge in [-0.05, 0) is 30.3 Å². The molecule has 0 aliphatic rings. The molecule has 0 unspecified atom stereocenters. The maximum absolute atomic E-state index is 12.9. The van der Waals surface area contributed by atoms with Gasteiger partial charge in [-0.1, -0.05) is 18.2 Å². The summed E-state index contributed by atoms with van der Waals surface area (Å²) in [6.45, 7) is 0. The lowest BCUT2D eigenvalue weighted by Crippen LogP contribution is -2.12. The second kappa shape index (κ2) is 6.10. The molecule has 0 spiro atoms. The third kappa shape index (κ3) is 3.06. The molecule has 3 aromatic heterocycles. The van der Waals surface area contributed by atoms with Gasteiger partial charge in [0.1, 0.15) is 17.0 Å². The van der Waals surface area contributed by atoms with E-state index in [0.717, 1.165) is 6.20 Å². The number of benzene rings is 1. The Morgan fingerprint density at radius 2 is 1.73 bits per heavy atom. The Morgan fingerprint density at radius 3 is 2.50 bits per heavy atom. The van der Waals surface area contributed by atoms with Crippen LogP contribution >= 0.6 is 0 Å². The van der Waals surface area contributed by atoms with Crippen LogP contribution in [0.25, 0.3) is 17.0 Å². The minimum Gasteiger partial charge on any atom is -0.437 e. The van der Waals surface area contributed by atoms with E-state index in [4.69, 9.17) is 4.74 Å². The number of rotatable bonds is 3. The predicted molar refractivity (Wildman–Crippen MR) is 85.5 cm³/mol. The van der Waals surface area contributed by atoms with Crippen molar-refractivity contribution in [2.24, 2.45) is 0 Å². The SMILES string of the molecule is FC(F)(F)c1nccc(-c2nc(Oc3ccccc3)c3cccn3n2)n1. The fraction of sp³-hybridized carbons (Fsp3) is 0.0588. The molecule has 0 atom stereocenters. The highest BCUT2D eigenvalue weighted by molar-refractivity contribution is 5.60. The Labute approximate surface area is 144 Å². The second-order valence-corrected chi connectivity index (χ2v) is 5.26. The molecule has 4 rings (SSSR count). The van der Waals surface area contributed by atoms with Crippen LogP contribution in [0.15, 0.2) is 60.9 Å². The molecule has 0 saturated heterocycles. The van der Waals surface area contributed by atoms with Gasteiger partial charge in [0, 0.05) is 12.4 Å². The summed E-state index contributed by atoms with van der Waals surface area (Å²) < 4.78 is 45.8. The van der Waals surface area contributed by atoms with Crippen LogP contribution in [0.2, 0.25) is 0 Å². The maximum atomic E-state index is 12.9. The van der Waals surface area contributed by atoms with Crippen molar-refractivity contribution >= 4 is 5.52 Å². The minimum absolute atomic E-state index is 0.00692. The molecule has 0 radical (unpaired) electrons. The molecule has 3 heterocycles. The molecule has 26 heavy (non-hydrogen) atoms. The van der Waals surface area contributed by atoms with E-state index in [1.165, 1.54) is 10.6 Å². The zero-order valence-corrected chi connectivity index (χ0v) is 13.1. The molecule has 9 heteroatoms. The van der Waals surface area contributed by atoms with Gasteiger partial charge in [0.05, 0.1) is 0 Å². The van der Waals surface area contributed by atoms with Crippen LogP contribution in [0.4, 0.5) is 13.2 Å². The van der Waals surface area contributed by atoms with Gasteiger partial charge in [0.15, 0.2) is 0 Å². The molecule has 0 bridgehead atoms.